The molecule has 2 saturated carbocycles. The Kier molecular flexibility index (Phi) is 2.72. The van der Waals surface area contributed by atoms with Crippen LogP contribution in [0.5, 0.6) is 0 Å². The van der Waals surface area contributed by atoms with Crippen LogP contribution in [0.1, 0.15) is 38.2 Å². The Morgan fingerprint density at radius 3 is 2.95 bits per heavy atom. The van der Waals surface area contributed by atoms with Crippen molar-refractivity contribution in [2.45, 2.75) is 45.6 Å². The third-order valence-electron chi connectivity index (χ3n) is 5.27. The average molecular weight is 270 g/mol. The van der Waals surface area contributed by atoms with Crippen molar-refractivity contribution in [2.24, 2.45) is 17.8 Å². The number of fused-ring (bicyclic) bond motifs is 3. The summed E-state index contributed by atoms with van der Waals surface area (Å²) in [6.07, 6.45) is 7.76. The SMILES string of the molecule is Cc1ccc2nc(NC(C)C3CC4CCC3C4)nn2c1. The third kappa shape index (κ3) is 1.98. The molecule has 106 valence electrons. The second kappa shape index (κ2) is 4.47. The van der Waals surface area contributed by atoms with E-state index in [1.807, 2.05) is 16.8 Å². The van der Waals surface area contributed by atoms with Crippen LogP contribution in [0.2, 0.25) is 0 Å². The van der Waals surface area contributed by atoms with Crippen LogP contribution in [0.25, 0.3) is 5.65 Å². The first kappa shape index (κ1) is 12.2. The quantitative estimate of drug-likeness (QED) is 0.930. The first-order chi connectivity index (χ1) is 9.69. The van der Waals surface area contributed by atoms with Crippen LogP contribution in [0.3, 0.4) is 0 Å². The van der Waals surface area contributed by atoms with Gasteiger partial charge in [-0.15, -0.1) is 5.10 Å². The molecule has 4 atom stereocenters. The van der Waals surface area contributed by atoms with Crippen LogP contribution in [0.4, 0.5) is 5.95 Å². The molecule has 20 heavy (non-hydrogen) atoms. The monoisotopic (exact) mass is 270 g/mol. The molecule has 4 unspecified atom stereocenters. The molecule has 4 rings (SSSR count). The first-order valence-electron chi connectivity index (χ1n) is 7.78. The Labute approximate surface area is 119 Å². The predicted molar refractivity (Wildman–Crippen MR) is 79.7 cm³/mol. The van der Waals surface area contributed by atoms with E-state index in [4.69, 9.17) is 0 Å². The van der Waals surface area contributed by atoms with Crippen molar-refractivity contribution in [3.63, 3.8) is 0 Å². The Bertz CT molecular complexity index is 632. The predicted octanol–water partition coefficient (Wildman–Crippen LogP) is 3.27. The second-order valence-electron chi connectivity index (χ2n) is 6.72. The molecule has 2 heterocycles. The summed E-state index contributed by atoms with van der Waals surface area (Å²) in [5.41, 5.74) is 2.12. The van der Waals surface area contributed by atoms with Gasteiger partial charge in [0.05, 0.1) is 0 Å². The van der Waals surface area contributed by atoms with Gasteiger partial charge in [-0.2, -0.15) is 4.98 Å². The standard InChI is InChI=1S/C16H22N4/c1-10-3-6-15-18-16(19-20(15)9-10)17-11(2)14-8-12-4-5-13(14)7-12/h3,6,9,11-14H,4-5,7-8H2,1-2H3,(H,17,19). The smallest absolute Gasteiger partial charge is 0.243 e. The van der Waals surface area contributed by atoms with E-state index in [0.29, 0.717) is 6.04 Å². The van der Waals surface area contributed by atoms with Gasteiger partial charge in [0.25, 0.3) is 0 Å². The van der Waals surface area contributed by atoms with Gasteiger partial charge in [-0.3, -0.25) is 0 Å². The first-order valence-corrected chi connectivity index (χ1v) is 7.78. The zero-order valence-corrected chi connectivity index (χ0v) is 12.2. The van der Waals surface area contributed by atoms with Crippen molar-refractivity contribution in [1.82, 2.24) is 14.6 Å². The number of pyridine rings is 1. The van der Waals surface area contributed by atoms with Gasteiger partial charge in [-0.05, 0) is 62.5 Å². The van der Waals surface area contributed by atoms with Crippen molar-refractivity contribution >= 4 is 11.6 Å². The number of rotatable bonds is 3. The lowest BCUT2D eigenvalue weighted by atomic mass is 9.84. The molecule has 0 spiro atoms. The minimum atomic E-state index is 0.476. The molecule has 2 bridgehead atoms. The van der Waals surface area contributed by atoms with E-state index < -0.39 is 0 Å². The zero-order chi connectivity index (χ0) is 13.7. The Balaban J connectivity index is 1.52. The van der Waals surface area contributed by atoms with Crippen LogP contribution < -0.4 is 5.32 Å². The lowest BCUT2D eigenvalue weighted by Crippen LogP contribution is -2.30. The zero-order valence-electron chi connectivity index (χ0n) is 12.2. The van der Waals surface area contributed by atoms with Crippen molar-refractivity contribution in [2.75, 3.05) is 5.32 Å². The summed E-state index contributed by atoms with van der Waals surface area (Å²) < 4.78 is 1.87. The van der Waals surface area contributed by atoms with Crippen LogP contribution in [0, 0.1) is 24.7 Å². The largest absolute Gasteiger partial charge is 0.350 e. The number of aryl methyl sites for hydroxylation is 1. The fourth-order valence-corrected chi connectivity index (χ4v) is 4.26. The van der Waals surface area contributed by atoms with E-state index in [-0.39, 0.29) is 0 Å². The average Bonchev–Trinajstić information content (AvgIpc) is 3.11. The van der Waals surface area contributed by atoms with Crippen LogP contribution >= 0.6 is 0 Å². The van der Waals surface area contributed by atoms with E-state index >= 15 is 0 Å². The van der Waals surface area contributed by atoms with Crippen molar-refractivity contribution < 1.29 is 0 Å². The molecule has 2 fully saturated rings. The molecule has 2 aliphatic rings. The normalized spacial score (nSPS) is 30.0. The number of anilines is 1. The highest BCUT2D eigenvalue weighted by atomic mass is 15.3. The maximum absolute atomic E-state index is 4.57. The maximum Gasteiger partial charge on any atom is 0.243 e. The summed E-state index contributed by atoms with van der Waals surface area (Å²) in [5.74, 6) is 3.50. The summed E-state index contributed by atoms with van der Waals surface area (Å²) in [6.45, 7) is 4.37. The maximum atomic E-state index is 4.57. The number of nitrogens with zero attached hydrogens (tertiary/aromatic N) is 3. The summed E-state index contributed by atoms with van der Waals surface area (Å²) in [5, 5.41) is 8.08. The molecule has 1 N–H and O–H groups in total. The van der Waals surface area contributed by atoms with Crippen molar-refractivity contribution in [3.8, 4) is 0 Å². The number of nitrogens with one attached hydrogen (secondary N) is 1. The molecule has 0 amide bonds. The summed E-state index contributed by atoms with van der Waals surface area (Å²) in [6, 6.07) is 4.58. The fourth-order valence-electron chi connectivity index (χ4n) is 4.26. The molecular formula is C16H22N4. The fraction of sp³-hybridized carbons (Fsp3) is 0.625. The summed E-state index contributed by atoms with van der Waals surface area (Å²) >= 11 is 0. The Hall–Kier alpha value is -1.58. The van der Waals surface area contributed by atoms with Crippen LogP contribution in [0.15, 0.2) is 18.3 Å². The van der Waals surface area contributed by atoms with E-state index in [2.05, 4.69) is 35.3 Å². The molecule has 2 aromatic heterocycles. The molecule has 0 radical (unpaired) electrons. The second-order valence-corrected chi connectivity index (χ2v) is 6.72. The molecule has 0 aliphatic heterocycles. The van der Waals surface area contributed by atoms with Gasteiger partial charge in [-0.25, -0.2) is 4.52 Å². The van der Waals surface area contributed by atoms with Gasteiger partial charge < -0.3 is 5.32 Å². The summed E-state index contributed by atoms with van der Waals surface area (Å²) in [7, 11) is 0. The third-order valence-corrected chi connectivity index (χ3v) is 5.27. The Morgan fingerprint density at radius 2 is 2.20 bits per heavy atom. The van der Waals surface area contributed by atoms with Gasteiger partial charge in [0.2, 0.25) is 5.95 Å². The highest BCUT2D eigenvalue weighted by Crippen LogP contribution is 2.49. The lowest BCUT2D eigenvalue weighted by Gasteiger charge is -2.28. The van der Waals surface area contributed by atoms with Crippen LogP contribution in [-0.4, -0.2) is 20.6 Å². The molecule has 2 aromatic rings. The number of hydrogen-bond acceptors (Lipinski definition) is 3. The van der Waals surface area contributed by atoms with E-state index in [0.717, 1.165) is 29.3 Å². The lowest BCUT2D eigenvalue weighted by molar-refractivity contribution is 0.303. The molecule has 4 nitrogen and oxygen atoms in total. The minimum Gasteiger partial charge on any atom is -0.350 e. The topological polar surface area (TPSA) is 42.2 Å². The van der Waals surface area contributed by atoms with Crippen molar-refractivity contribution in [3.05, 3.63) is 23.9 Å². The van der Waals surface area contributed by atoms with E-state index in [9.17, 15) is 0 Å². The summed E-state index contributed by atoms with van der Waals surface area (Å²) in [4.78, 5) is 4.57. The minimum absolute atomic E-state index is 0.476. The number of aromatic nitrogens is 3. The molecule has 4 heteroatoms. The molecule has 0 saturated heterocycles. The molecule has 0 aromatic carbocycles. The van der Waals surface area contributed by atoms with Crippen molar-refractivity contribution in [1.29, 1.82) is 0 Å². The number of hydrogen-bond donors (Lipinski definition) is 1. The van der Waals surface area contributed by atoms with E-state index in [1.165, 1.54) is 31.2 Å². The Morgan fingerprint density at radius 1 is 1.30 bits per heavy atom. The highest BCUT2D eigenvalue weighted by Gasteiger charge is 2.41. The molecular weight excluding hydrogens is 248 g/mol. The van der Waals surface area contributed by atoms with Crippen LogP contribution in [-0.2, 0) is 0 Å². The van der Waals surface area contributed by atoms with Gasteiger partial charge in [-0.1, -0.05) is 12.5 Å². The van der Waals surface area contributed by atoms with Gasteiger partial charge in [0.15, 0.2) is 5.65 Å². The van der Waals surface area contributed by atoms with Gasteiger partial charge in [0.1, 0.15) is 0 Å². The van der Waals surface area contributed by atoms with Gasteiger partial charge >= 0.3 is 0 Å². The van der Waals surface area contributed by atoms with Gasteiger partial charge in [0, 0.05) is 12.2 Å². The van der Waals surface area contributed by atoms with E-state index in [1.54, 1.807) is 0 Å². The molecule has 2 aliphatic carbocycles. The highest BCUT2D eigenvalue weighted by molar-refractivity contribution is 5.44.